The van der Waals surface area contributed by atoms with Crippen molar-refractivity contribution < 1.29 is 56.4 Å². The second-order valence-corrected chi connectivity index (χ2v) is 5.81. The number of rotatable bonds is 3. The van der Waals surface area contributed by atoms with E-state index < -0.39 is 47.6 Å². The van der Waals surface area contributed by atoms with E-state index in [-0.39, 0.29) is 11.4 Å². The number of benzene rings is 2. The third kappa shape index (κ3) is 10.5. The van der Waals surface area contributed by atoms with Crippen LogP contribution in [0.5, 0.6) is 0 Å². The summed E-state index contributed by atoms with van der Waals surface area (Å²) in [5.41, 5.74) is 9.14. The van der Waals surface area contributed by atoms with E-state index in [1.54, 1.807) is 0 Å². The zero-order valence-electron chi connectivity index (χ0n) is 15.8. The number of aliphatic hydroxyl groups excluding tert-OH is 2. The van der Waals surface area contributed by atoms with E-state index in [2.05, 4.69) is 0 Å². The Morgan fingerprint density at radius 1 is 0.688 bits per heavy atom. The molecule has 0 aliphatic heterocycles. The van der Waals surface area contributed by atoms with Crippen molar-refractivity contribution in [3.63, 3.8) is 0 Å². The van der Waals surface area contributed by atoms with Crippen molar-refractivity contribution in [1.82, 2.24) is 0 Å². The summed E-state index contributed by atoms with van der Waals surface area (Å²) in [4.78, 5) is 19.5. The third-order valence-electron chi connectivity index (χ3n) is 3.23. The van der Waals surface area contributed by atoms with Crippen LogP contribution in [0, 0.1) is 0 Å². The quantitative estimate of drug-likeness (QED) is 0.293. The van der Waals surface area contributed by atoms with Crippen LogP contribution in [0.25, 0.3) is 0 Å². The molecular weight excluding hydrogens is 454 g/mol. The Balaban J connectivity index is 0.000000452. The van der Waals surface area contributed by atoms with Crippen LogP contribution in [0.15, 0.2) is 48.5 Å². The average molecular weight is 472 g/mol. The first-order valence-electron chi connectivity index (χ1n) is 8.14. The average Bonchev–Trinajstić information content (AvgIpc) is 2.66. The van der Waals surface area contributed by atoms with Gasteiger partial charge in [0.2, 0.25) is 0 Å². The van der Waals surface area contributed by atoms with Crippen LogP contribution < -0.4 is 11.5 Å². The van der Waals surface area contributed by atoms with Crippen LogP contribution in [0.3, 0.4) is 0 Å². The molecule has 2 rings (SSSR count). The Morgan fingerprint density at radius 3 is 1.12 bits per heavy atom. The summed E-state index contributed by atoms with van der Waals surface area (Å²) in [6.45, 7) is 0. The normalized spacial score (nSPS) is 12.9. The number of hydrogen-bond donors (Lipinski definition) is 6. The van der Waals surface area contributed by atoms with Crippen LogP contribution in [-0.4, -0.2) is 44.6 Å². The van der Waals surface area contributed by atoms with Crippen molar-refractivity contribution in [3.05, 3.63) is 59.7 Å². The Labute approximate surface area is 176 Å². The molecule has 0 saturated carbocycles. The number of aliphatic hydroxyl groups is 2. The van der Waals surface area contributed by atoms with Gasteiger partial charge in [0.05, 0.1) is 11.1 Å². The highest BCUT2D eigenvalue weighted by molar-refractivity contribution is 5.83. The maximum Gasteiger partial charge on any atom is 0.416 e. The lowest BCUT2D eigenvalue weighted by molar-refractivity contribution is -0.165. The standard InChI is InChI=1S/2C7H6F3N.C4H6O6/c2*8-7(9,10)5-2-1-3-6(11)4-5;5-1(3(7)8)2(6)4(9)10/h2*1-4H,11H2;1-2,5-6H,(H,7,8)(H,9,10). The lowest BCUT2D eigenvalue weighted by Gasteiger charge is -2.07. The molecule has 2 aromatic rings. The number of aliphatic carboxylic acids is 2. The molecule has 0 fully saturated rings. The molecule has 0 amide bonds. The molecule has 0 aliphatic carbocycles. The van der Waals surface area contributed by atoms with Gasteiger partial charge in [0.25, 0.3) is 0 Å². The molecule has 0 aliphatic rings. The molecule has 2 unspecified atom stereocenters. The largest absolute Gasteiger partial charge is 0.479 e. The van der Waals surface area contributed by atoms with Gasteiger partial charge in [0.15, 0.2) is 12.2 Å². The fourth-order valence-electron chi connectivity index (χ4n) is 1.70. The third-order valence-corrected chi connectivity index (χ3v) is 3.23. The monoisotopic (exact) mass is 472 g/mol. The number of alkyl halides is 6. The molecule has 8 nitrogen and oxygen atoms in total. The number of nitrogens with two attached hydrogens (primary N) is 2. The van der Waals surface area contributed by atoms with E-state index in [0.717, 1.165) is 24.3 Å². The second kappa shape index (κ2) is 11.8. The molecule has 0 heterocycles. The van der Waals surface area contributed by atoms with Crippen LogP contribution in [0.4, 0.5) is 37.7 Å². The lowest BCUT2D eigenvalue weighted by atomic mass is 10.2. The Morgan fingerprint density at radius 2 is 0.969 bits per heavy atom. The van der Waals surface area contributed by atoms with E-state index >= 15 is 0 Å². The van der Waals surface area contributed by atoms with Gasteiger partial charge in [0.1, 0.15) is 0 Å². The Hall–Kier alpha value is -3.52. The van der Waals surface area contributed by atoms with Crippen molar-refractivity contribution in [1.29, 1.82) is 0 Å². The van der Waals surface area contributed by atoms with E-state index in [4.69, 9.17) is 31.9 Å². The first-order chi connectivity index (χ1) is 14.5. The number of anilines is 2. The van der Waals surface area contributed by atoms with Crippen molar-refractivity contribution >= 4 is 23.3 Å². The van der Waals surface area contributed by atoms with E-state index in [1.165, 1.54) is 24.3 Å². The molecule has 0 spiro atoms. The van der Waals surface area contributed by atoms with Crippen LogP contribution in [0.1, 0.15) is 11.1 Å². The smallest absolute Gasteiger partial charge is 0.416 e. The van der Waals surface area contributed by atoms with Crippen LogP contribution >= 0.6 is 0 Å². The Bertz CT molecular complexity index is 831. The maximum absolute atomic E-state index is 11.9. The molecular formula is C18H18F6N2O6. The molecule has 14 heteroatoms. The zero-order valence-corrected chi connectivity index (χ0v) is 15.8. The van der Waals surface area contributed by atoms with Gasteiger partial charge in [-0.1, -0.05) is 12.1 Å². The van der Waals surface area contributed by atoms with Gasteiger partial charge in [-0.25, -0.2) is 9.59 Å². The summed E-state index contributed by atoms with van der Waals surface area (Å²) in [6.07, 6.45) is -13.1. The summed E-state index contributed by atoms with van der Waals surface area (Å²) in [5, 5.41) is 32.5. The van der Waals surface area contributed by atoms with Gasteiger partial charge in [0, 0.05) is 11.4 Å². The summed E-state index contributed by atoms with van der Waals surface area (Å²) < 4.78 is 71.5. The number of carbonyl (C=O) groups is 2. The first-order valence-corrected chi connectivity index (χ1v) is 8.14. The van der Waals surface area contributed by atoms with E-state index in [9.17, 15) is 35.9 Å². The van der Waals surface area contributed by atoms with Gasteiger partial charge in [-0.05, 0) is 36.4 Å². The fourth-order valence-corrected chi connectivity index (χ4v) is 1.70. The summed E-state index contributed by atoms with van der Waals surface area (Å²) in [6, 6.07) is 9.15. The summed E-state index contributed by atoms with van der Waals surface area (Å²) >= 11 is 0. The molecule has 0 saturated heterocycles. The SMILES string of the molecule is Nc1cccc(C(F)(F)F)c1.Nc1cccc(C(F)(F)F)c1.O=C(O)C(O)C(O)C(=O)O. The van der Waals surface area contributed by atoms with Gasteiger partial charge in [-0.3, -0.25) is 0 Å². The van der Waals surface area contributed by atoms with Crippen LogP contribution in [-0.2, 0) is 21.9 Å². The highest BCUT2D eigenvalue weighted by atomic mass is 19.4. The van der Waals surface area contributed by atoms with Gasteiger partial charge >= 0.3 is 24.3 Å². The predicted molar refractivity (Wildman–Crippen MR) is 99.0 cm³/mol. The molecule has 0 radical (unpaired) electrons. The highest BCUT2D eigenvalue weighted by Gasteiger charge is 2.31. The second-order valence-electron chi connectivity index (χ2n) is 5.81. The van der Waals surface area contributed by atoms with Crippen molar-refractivity contribution in [2.75, 3.05) is 11.5 Å². The number of hydrogen-bond acceptors (Lipinski definition) is 6. The molecule has 178 valence electrons. The number of nitrogen functional groups attached to an aromatic ring is 2. The molecule has 32 heavy (non-hydrogen) atoms. The minimum absolute atomic E-state index is 0.125. The van der Waals surface area contributed by atoms with Gasteiger partial charge < -0.3 is 31.9 Å². The van der Waals surface area contributed by atoms with Crippen LogP contribution in [0.2, 0.25) is 0 Å². The first kappa shape index (κ1) is 28.5. The predicted octanol–water partition coefficient (Wildman–Crippen LogP) is 2.45. The molecule has 2 aromatic carbocycles. The number of carboxylic acid groups (broad SMARTS) is 2. The van der Waals surface area contributed by atoms with Gasteiger partial charge in [-0.2, -0.15) is 26.3 Å². The molecule has 2 atom stereocenters. The van der Waals surface area contributed by atoms with E-state index in [1.807, 2.05) is 0 Å². The zero-order chi connectivity index (χ0) is 25.3. The fraction of sp³-hybridized carbons (Fsp3) is 0.222. The molecule has 0 bridgehead atoms. The van der Waals surface area contributed by atoms with Crippen molar-refractivity contribution in [2.45, 2.75) is 24.6 Å². The maximum atomic E-state index is 11.9. The minimum Gasteiger partial charge on any atom is -0.479 e. The van der Waals surface area contributed by atoms with Crippen molar-refractivity contribution in [3.8, 4) is 0 Å². The summed E-state index contributed by atoms with van der Waals surface area (Å²) in [5.74, 6) is -3.54. The van der Waals surface area contributed by atoms with E-state index in [0.29, 0.717) is 0 Å². The topological polar surface area (TPSA) is 167 Å². The van der Waals surface area contributed by atoms with Gasteiger partial charge in [-0.15, -0.1) is 0 Å². The minimum atomic E-state index is -4.30. The van der Waals surface area contributed by atoms with Crippen molar-refractivity contribution in [2.24, 2.45) is 0 Å². The summed E-state index contributed by atoms with van der Waals surface area (Å²) in [7, 11) is 0. The Kier molecular flexibility index (Phi) is 10.5. The highest BCUT2D eigenvalue weighted by Crippen LogP contribution is 2.30. The number of carboxylic acids is 2. The molecule has 0 aromatic heterocycles. The lowest BCUT2D eigenvalue weighted by Crippen LogP contribution is -2.39. The molecule has 8 N–H and O–H groups in total. The number of halogens is 6.